The summed E-state index contributed by atoms with van der Waals surface area (Å²) in [4.78, 5) is 17.1. The molecule has 1 unspecified atom stereocenters. The molecule has 2 aromatic carbocycles. The normalized spacial score (nSPS) is 12.2. The summed E-state index contributed by atoms with van der Waals surface area (Å²) in [6.07, 6.45) is 11.5. The number of alkyl halides is 3. The summed E-state index contributed by atoms with van der Waals surface area (Å²) >= 11 is 0. The molecular formula is C39H52F3NO4. The van der Waals surface area contributed by atoms with Crippen molar-refractivity contribution in [1.82, 2.24) is 4.98 Å². The Morgan fingerprint density at radius 1 is 0.660 bits per heavy atom. The highest BCUT2D eigenvalue weighted by atomic mass is 19.4. The van der Waals surface area contributed by atoms with E-state index in [1.165, 1.54) is 57.8 Å². The number of benzene rings is 2. The van der Waals surface area contributed by atoms with E-state index < -0.39 is 18.2 Å². The SMILES string of the molecule is CCCCCCCCCCCCOc1ccc(-c2ccc(-c3ccc(C(=O)OCCCCCCOC(C)C(F)(F)F)cc3)cn2)cc1. The molecule has 0 saturated heterocycles. The zero-order valence-electron chi connectivity index (χ0n) is 28.2. The first-order valence-corrected chi connectivity index (χ1v) is 17.4. The Balaban J connectivity index is 1.31. The van der Waals surface area contributed by atoms with Crippen LogP contribution in [0.1, 0.15) is 114 Å². The summed E-state index contributed by atoms with van der Waals surface area (Å²) < 4.78 is 53.4. The second-order valence-electron chi connectivity index (χ2n) is 12.2. The molecular weight excluding hydrogens is 603 g/mol. The number of halogens is 3. The van der Waals surface area contributed by atoms with Gasteiger partial charge in [0.05, 0.1) is 24.5 Å². The Labute approximate surface area is 279 Å². The molecule has 0 spiro atoms. The maximum absolute atomic E-state index is 12.4. The fraction of sp³-hybridized carbons (Fsp3) is 0.538. The van der Waals surface area contributed by atoms with Gasteiger partial charge in [0, 0.05) is 23.9 Å². The van der Waals surface area contributed by atoms with Crippen LogP contribution < -0.4 is 4.74 Å². The van der Waals surface area contributed by atoms with E-state index in [2.05, 4.69) is 11.9 Å². The molecule has 8 heteroatoms. The van der Waals surface area contributed by atoms with Crippen molar-refractivity contribution in [3.63, 3.8) is 0 Å². The molecule has 1 heterocycles. The molecule has 0 aliphatic heterocycles. The van der Waals surface area contributed by atoms with Gasteiger partial charge >= 0.3 is 12.1 Å². The van der Waals surface area contributed by atoms with Crippen molar-refractivity contribution in [2.75, 3.05) is 19.8 Å². The van der Waals surface area contributed by atoms with Gasteiger partial charge in [0.1, 0.15) is 5.75 Å². The van der Waals surface area contributed by atoms with Crippen LogP contribution in [0.5, 0.6) is 5.75 Å². The maximum Gasteiger partial charge on any atom is 0.414 e. The number of pyridine rings is 1. The van der Waals surface area contributed by atoms with Crippen LogP contribution in [-0.2, 0) is 9.47 Å². The van der Waals surface area contributed by atoms with Gasteiger partial charge in [0.2, 0.25) is 0 Å². The minimum absolute atomic E-state index is 0.0626. The van der Waals surface area contributed by atoms with E-state index in [-0.39, 0.29) is 13.2 Å². The molecule has 3 rings (SSSR count). The van der Waals surface area contributed by atoms with Crippen molar-refractivity contribution >= 4 is 5.97 Å². The molecule has 0 aliphatic carbocycles. The van der Waals surface area contributed by atoms with Crippen molar-refractivity contribution in [3.05, 3.63) is 72.4 Å². The molecule has 5 nitrogen and oxygen atoms in total. The summed E-state index contributed by atoms with van der Waals surface area (Å²) in [5.74, 6) is 0.478. The van der Waals surface area contributed by atoms with Crippen LogP contribution in [0, 0.1) is 0 Å². The van der Waals surface area contributed by atoms with Crippen LogP contribution in [0.25, 0.3) is 22.4 Å². The van der Waals surface area contributed by atoms with Crippen molar-refractivity contribution < 1.29 is 32.2 Å². The summed E-state index contributed by atoms with van der Waals surface area (Å²) in [6, 6.07) is 19.3. The number of unbranched alkanes of at least 4 members (excludes halogenated alkanes) is 12. The van der Waals surface area contributed by atoms with Crippen LogP contribution in [0.2, 0.25) is 0 Å². The first kappa shape index (κ1) is 38.1. The number of carbonyl (C=O) groups is 1. The lowest BCUT2D eigenvalue weighted by Gasteiger charge is -2.16. The zero-order valence-corrected chi connectivity index (χ0v) is 28.2. The van der Waals surface area contributed by atoms with Gasteiger partial charge in [-0.15, -0.1) is 0 Å². The molecule has 0 N–H and O–H groups in total. The van der Waals surface area contributed by atoms with Crippen molar-refractivity contribution in [2.45, 2.75) is 116 Å². The number of hydrogen-bond acceptors (Lipinski definition) is 5. The lowest BCUT2D eigenvalue weighted by molar-refractivity contribution is -0.214. The third kappa shape index (κ3) is 14.9. The van der Waals surface area contributed by atoms with Crippen LogP contribution in [-0.4, -0.2) is 43.1 Å². The van der Waals surface area contributed by atoms with Crippen molar-refractivity contribution in [3.8, 4) is 28.1 Å². The average Bonchev–Trinajstić information content (AvgIpc) is 3.08. The summed E-state index contributed by atoms with van der Waals surface area (Å²) in [6.45, 7) is 4.34. The minimum atomic E-state index is -4.33. The van der Waals surface area contributed by atoms with Gasteiger partial charge in [-0.25, -0.2) is 4.79 Å². The number of aromatic nitrogens is 1. The second-order valence-corrected chi connectivity index (χ2v) is 12.2. The Morgan fingerprint density at radius 3 is 1.77 bits per heavy atom. The highest BCUT2D eigenvalue weighted by Gasteiger charge is 2.36. The Bertz CT molecular complexity index is 1260. The van der Waals surface area contributed by atoms with E-state index in [0.29, 0.717) is 24.8 Å². The quantitative estimate of drug-likeness (QED) is 0.0751. The first-order chi connectivity index (χ1) is 22.8. The Hall–Kier alpha value is -3.39. The van der Waals surface area contributed by atoms with Crippen LogP contribution >= 0.6 is 0 Å². The summed E-state index contributed by atoms with van der Waals surface area (Å²) in [5.41, 5.74) is 4.24. The largest absolute Gasteiger partial charge is 0.494 e. The maximum atomic E-state index is 12.4. The molecule has 1 atom stereocenters. The van der Waals surface area contributed by atoms with Crippen LogP contribution in [0.15, 0.2) is 66.9 Å². The van der Waals surface area contributed by atoms with Crippen molar-refractivity contribution in [2.24, 2.45) is 0 Å². The van der Waals surface area contributed by atoms with E-state index in [1.807, 2.05) is 54.7 Å². The third-order valence-electron chi connectivity index (χ3n) is 8.23. The van der Waals surface area contributed by atoms with Gasteiger partial charge in [-0.2, -0.15) is 13.2 Å². The third-order valence-corrected chi connectivity index (χ3v) is 8.23. The van der Waals surface area contributed by atoms with Gasteiger partial charge in [0.25, 0.3) is 0 Å². The van der Waals surface area contributed by atoms with E-state index in [1.54, 1.807) is 12.1 Å². The number of hydrogen-bond donors (Lipinski definition) is 0. The van der Waals surface area contributed by atoms with Gasteiger partial charge in [-0.1, -0.05) is 89.3 Å². The molecule has 0 radical (unpaired) electrons. The van der Waals surface area contributed by atoms with Crippen molar-refractivity contribution in [1.29, 1.82) is 0 Å². The second kappa shape index (κ2) is 21.5. The molecule has 1 aromatic heterocycles. The minimum Gasteiger partial charge on any atom is -0.494 e. The Morgan fingerprint density at radius 2 is 1.19 bits per heavy atom. The van der Waals surface area contributed by atoms with Gasteiger partial charge in [-0.05, 0) is 80.6 Å². The standard InChI is InChI=1S/C39H52F3NO4/c1-3-4-5-6-7-8-9-10-11-15-28-46-36-24-21-33(22-25-36)37-26-23-35(30-43-37)32-17-19-34(20-18-32)38(44)47-29-16-13-12-14-27-45-31(2)39(40,41)42/h17-26,30-31H,3-16,27-29H2,1-2H3. The smallest absolute Gasteiger partial charge is 0.414 e. The molecule has 0 aliphatic rings. The summed E-state index contributed by atoms with van der Waals surface area (Å²) in [7, 11) is 0. The predicted octanol–water partition coefficient (Wildman–Crippen LogP) is 11.4. The number of ether oxygens (including phenoxy) is 3. The molecule has 3 aromatic rings. The van der Waals surface area contributed by atoms with E-state index in [9.17, 15) is 18.0 Å². The Kier molecular flexibility index (Phi) is 17.4. The number of nitrogens with zero attached hydrogens (tertiary/aromatic N) is 1. The van der Waals surface area contributed by atoms with Crippen LogP contribution in [0.3, 0.4) is 0 Å². The van der Waals surface area contributed by atoms with Gasteiger partial charge in [-0.3, -0.25) is 4.98 Å². The van der Waals surface area contributed by atoms with E-state index >= 15 is 0 Å². The number of carbonyl (C=O) groups excluding carboxylic acids is 1. The van der Waals surface area contributed by atoms with Gasteiger partial charge in [0.15, 0.2) is 6.10 Å². The molecule has 0 fully saturated rings. The lowest BCUT2D eigenvalue weighted by atomic mass is 10.0. The molecule has 0 amide bonds. The highest BCUT2D eigenvalue weighted by molar-refractivity contribution is 5.90. The fourth-order valence-electron chi connectivity index (χ4n) is 5.20. The zero-order chi connectivity index (χ0) is 33.7. The predicted molar refractivity (Wildman–Crippen MR) is 183 cm³/mol. The molecule has 0 bridgehead atoms. The van der Waals surface area contributed by atoms with E-state index in [4.69, 9.17) is 14.2 Å². The molecule has 47 heavy (non-hydrogen) atoms. The van der Waals surface area contributed by atoms with Gasteiger partial charge < -0.3 is 14.2 Å². The number of rotatable bonds is 23. The lowest BCUT2D eigenvalue weighted by Crippen LogP contribution is -2.28. The van der Waals surface area contributed by atoms with Crippen LogP contribution in [0.4, 0.5) is 13.2 Å². The highest BCUT2D eigenvalue weighted by Crippen LogP contribution is 2.25. The molecule has 258 valence electrons. The molecule has 0 saturated carbocycles. The number of esters is 1. The average molecular weight is 656 g/mol. The first-order valence-electron chi connectivity index (χ1n) is 17.4. The van der Waals surface area contributed by atoms with E-state index in [0.717, 1.165) is 54.5 Å². The summed E-state index contributed by atoms with van der Waals surface area (Å²) in [5, 5.41) is 0. The topological polar surface area (TPSA) is 57.7 Å². The fourth-order valence-corrected chi connectivity index (χ4v) is 5.20. The monoisotopic (exact) mass is 655 g/mol.